The number of rotatable bonds is 3. The van der Waals surface area contributed by atoms with E-state index in [4.69, 9.17) is 5.73 Å². The van der Waals surface area contributed by atoms with Crippen molar-refractivity contribution in [2.45, 2.75) is 21.8 Å². The second-order valence-corrected chi connectivity index (χ2v) is 6.84. The quantitative estimate of drug-likeness (QED) is 0.822. The molecule has 0 aliphatic heterocycles. The lowest BCUT2D eigenvalue weighted by Gasteiger charge is -2.11. The zero-order valence-corrected chi connectivity index (χ0v) is 8.70. The molecule has 0 aromatic carbocycles. The fourth-order valence-corrected chi connectivity index (χ4v) is 4.55. The van der Waals surface area contributed by atoms with Crippen molar-refractivity contribution in [3.8, 4) is 0 Å². The Hall–Kier alpha value is -0.390. The molecule has 0 amide bonds. The van der Waals surface area contributed by atoms with Crippen LogP contribution in [0.4, 0.5) is 0 Å². The van der Waals surface area contributed by atoms with Crippen LogP contribution in [0.2, 0.25) is 0 Å². The molecule has 13 heavy (non-hydrogen) atoms. The number of sulfone groups is 1. The highest BCUT2D eigenvalue weighted by Crippen LogP contribution is 2.46. The molecule has 1 saturated carbocycles. The summed E-state index contributed by atoms with van der Waals surface area (Å²) in [5, 5.41) is 1.78. The van der Waals surface area contributed by atoms with Gasteiger partial charge in [0.2, 0.25) is 0 Å². The van der Waals surface area contributed by atoms with E-state index >= 15 is 0 Å². The lowest BCUT2D eigenvalue weighted by molar-refractivity contribution is 0.579. The molecule has 72 valence electrons. The fourth-order valence-electron chi connectivity index (χ4n) is 1.35. The van der Waals surface area contributed by atoms with Gasteiger partial charge in [0.15, 0.2) is 9.84 Å². The first-order valence-corrected chi connectivity index (χ1v) is 6.47. The Morgan fingerprint density at radius 2 is 2.23 bits per heavy atom. The maximum absolute atomic E-state index is 11.9. The third kappa shape index (κ3) is 1.22. The first kappa shape index (κ1) is 9.18. The highest BCUT2D eigenvalue weighted by Gasteiger charge is 2.54. The van der Waals surface area contributed by atoms with Crippen LogP contribution >= 0.6 is 11.3 Å². The van der Waals surface area contributed by atoms with Crippen molar-refractivity contribution in [2.24, 2.45) is 5.73 Å². The summed E-state index contributed by atoms with van der Waals surface area (Å²) < 4.78 is 23.7. The van der Waals surface area contributed by atoms with Crippen molar-refractivity contribution in [1.82, 2.24) is 0 Å². The Morgan fingerprint density at radius 3 is 2.62 bits per heavy atom. The summed E-state index contributed by atoms with van der Waals surface area (Å²) in [5.41, 5.74) is 5.49. The molecule has 0 spiro atoms. The summed E-state index contributed by atoms with van der Waals surface area (Å²) >= 11 is 1.27. The molecule has 1 aromatic rings. The molecule has 0 radical (unpaired) electrons. The number of hydrogen-bond acceptors (Lipinski definition) is 4. The van der Waals surface area contributed by atoms with Gasteiger partial charge in [0.05, 0.1) is 4.75 Å². The zero-order chi connectivity index (χ0) is 9.53. The van der Waals surface area contributed by atoms with E-state index in [-0.39, 0.29) is 6.54 Å². The summed E-state index contributed by atoms with van der Waals surface area (Å²) in [6.45, 7) is 0.243. The maximum Gasteiger partial charge on any atom is 0.194 e. The van der Waals surface area contributed by atoms with Gasteiger partial charge in [-0.2, -0.15) is 0 Å². The van der Waals surface area contributed by atoms with Crippen LogP contribution in [0.25, 0.3) is 0 Å². The molecule has 3 nitrogen and oxygen atoms in total. The zero-order valence-electron chi connectivity index (χ0n) is 7.06. The first-order valence-electron chi connectivity index (χ1n) is 4.11. The van der Waals surface area contributed by atoms with Gasteiger partial charge in [0.1, 0.15) is 4.21 Å². The molecule has 1 aliphatic rings. The molecule has 1 heterocycles. The predicted octanol–water partition coefficient (Wildman–Crippen LogP) is 1.01. The van der Waals surface area contributed by atoms with Crippen LogP contribution in [-0.2, 0) is 9.84 Å². The van der Waals surface area contributed by atoms with Crippen LogP contribution < -0.4 is 5.73 Å². The molecule has 0 saturated heterocycles. The topological polar surface area (TPSA) is 60.2 Å². The second-order valence-electron chi connectivity index (χ2n) is 3.32. The van der Waals surface area contributed by atoms with Crippen LogP contribution in [0, 0.1) is 0 Å². The molecule has 0 unspecified atom stereocenters. The number of nitrogens with two attached hydrogens (primary N) is 1. The third-order valence-electron chi connectivity index (χ3n) is 2.51. The number of thiophene rings is 1. The van der Waals surface area contributed by atoms with E-state index in [1.54, 1.807) is 17.5 Å². The third-order valence-corrected chi connectivity index (χ3v) is 6.50. The van der Waals surface area contributed by atoms with Gasteiger partial charge in [-0.15, -0.1) is 11.3 Å². The average molecular weight is 217 g/mol. The van der Waals surface area contributed by atoms with Gasteiger partial charge >= 0.3 is 0 Å². The Balaban J connectivity index is 2.43. The molecule has 1 aliphatic carbocycles. The highest BCUT2D eigenvalue weighted by atomic mass is 32.2. The SMILES string of the molecule is NCC1(S(=O)(=O)c2cccs2)CC1. The second kappa shape index (κ2) is 2.80. The molecule has 2 N–H and O–H groups in total. The Bertz CT molecular complexity index is 390. The smallest absolute Gasteiger partial charge is 0.194 e. The molecule has 2 rings (SSSR count). The monoisotopic (exact) mass is 217 g/mol. The Kier molecular flexibility index (Phi) is 1.98. The van der Waals surface area contributed by atoms with E-state index in [9.17, 15) is 8.42 Å². The summed E-state index contributed by atoms with van der Waals surface area (Å²) in [4.78, 5) is 0. The van der Waals surface area contributed by atoms with E-state index in [1.165, 1.54) is 11.3 Å². The van der Waals surface area contributed by atoms with Crippen LogP contribution in [0.3, 0.4) is 0 Å². The summed E-state index contributed by atoms with van der Waals surface area (Å²) in [5.74, 6) is 0. The minimum Gasteiger partial charge on any atom is -0.329 e. The van der Waals surface area contributed by atoms with Crippen LogP contribution in [0.5, 0.6) is 0 Å². The Morgan fingerprint density at radius 1 is 1.54 bits per heavy atom. The Labute approximate surface area is 81.5 Å². The van der Waals surface area contributed by atoms with Crippen LogP contribution in [-0.4, -0.2) is 19.7 Å². The van der Waals surface area contributed by atoms with E-state index in [0.717, 1.165) is 0 Å². The summed E-state index contributed by atoms with van der Waals surface area (Å²) in [6.07, 6.45) is 1.42. The van der Waals surface area contributed by atoms with Crippen molar-refractivity contribution in [2.75, 3.05) is 6.54 Å². The first-order chi connectivity index (χ1) is 6.12. The van der Waals surface area contributed by atoms with Gasteiger partial charge in [-0.3, -0.25) is 0 Å². The van der Waals surface area contributed by atoms with Gasteiger partial charge in [0, 0.05) is 6.54 Å². The van der Waals surface area contributed by atoms with Crippen molar-refractivity contribution < 1.29 is 8.42 Å². The van der Waals surface area contributed by atoms with Gasteiger partial charge in [0.25, 0.3) is 0 Å². The van der Waals surface area contributed by atoms with Crippen molar-refractivity contribution in [3.63, 3.8) is 0 Å². The van der Waals surface area contributed by atoms with E-state index in [1.807, 2.05) is 0 Å². The maximum atomic E-state index is 11.9. The molecule has 0 atom stereocenters. The molecule has 0 bridgehead atoms. The molecule has 1 aromatic heterocycles. The molecular weight excluding hydrogens is 206 g/mol. The van der Waals surface area contributed by atoms with E-state index < -0.39 is 14.6 Å². The van der Waals surface area contributed by atoms with Gasteiger partial charge in [-0.25, -0.2) is 8.42 Å². The van der Waals surface area contributed by atoms with Crippen molar-refractivity contribution in [1.29, 1.82) is 0 Å². The minimum absolute atomic E-state index is 0.243. The fraction of sp³-hybridized carbons (Fsp3) is 0.500. The number of hydrogen-bond donors (Lipinski definition) is 1. The lowest BCUT2D eigenvalue weighted by atomic mass is 10.4. The van der Waals surface area contributed by atoms with Gasteiger partial charge in [-0.05, 0) is 24.3 Å². The minimum atomic E-state index is -3.14. The summed E-state index contributed by atoms with van der Waals surface area (Å²) in [7, 11) is -3.14. The largest absolute Gasteiger partial charge is 0.329 e. The lowest BCUT2D eigenvalue weighted by Crippen LogP contribution is -2.31. The molecule has 1 fully saturated rings. The molecule has 5 heteroatoms. The summed E-state index contributed by atoms with van der Waals surface area (Å²) in [6, 6.07) is 3.40. The average Bonchev–Trinajstić information content (AvgIpc) is 2.72. The molecular formula is C8H11NO2S2. The predicted molar refractivity (Wildman–Crippen MR) is 52.5 cm³/mol. The van der Waals surface area contributed by atoms with Gasteiger partial charge in [-0.1, -0.05) is 6.07 Å². The highest BCUT2D eigenvalue weighted by molar-refractivity contribution is 7.95. The van der Waals surface area contributed by atoms with E-state index in [2.05, 4.69) is 0 Å². The normalized spacial score (nSPS) is 20.1. The van der Waals surface area contributed by atoms with E-state index in [0.29, 0.717) is 17.1 Å². The van der Waals surface area contributed by atoms with Crippen molar-refractivity contribution in [3.05, 3.63) is 17.5 Å². The standard InChI is InChI=1S/C8H11NO2S2/c9-6-8(3-4-8)13(10,11)7-2-1-5-12-7/h1-2,5H,3-4,6,9H2. The van der Waals surface area contributed by atoms with Crippen LogP contribution in [0.15, 0.2) is 21.7 Å². The van der Waals surface area contributed by atoms with Crippen molar-refractivity contribution >= 4 is 21.2 Å². The van der Waals surface area contributed by atoms with Crippen LogP contribution in [0.1, 0.15) is 12.8 Å². The van der Waals surface area contributed by atoms with Gasteiger partial charge < -0.3 is 5.73 Å².